The molecule has 1 saturated heterocycles. The second kappa shape index (κ2) is 7.43. The van der Waals surface area contributed by atoms with Gasteiger partial charge in [0, 0.05) is 13.2 Å². The van der Waals surface area contributed by atoms with Crippen LogP contribution in [0.15, 0.2) is 24.3 Å². The van der Waals surface area contributed by atoms with Crippen LogP contribution in [0.4, 0.5) is 11.4 Å². The fourth-order valence-corrected chi connectivity index (χ4v) is 2.62. The Bertz CT molecular complexity index is 472. The van der Waals surface area contributed by atoms with Gasteiger partial charge in [0.1, 0.15) is 0 Å². The molecule has 2 unspecified atom stereocenters. The summed E-state index contributed by atoms with van der Waals surface area (Å²) < 4.78 is 5.66. The van der Waals surface area contributed by atoms with Gasteiger partial charge in [-0.25, -0.2) is 0 Å². The van der Waals surface area contributed by atoms with Crippen LogP contribution >= 0.6 is 0 Å². The number of nitrogen functional groups attached to an aromatic ring is 1. The van der Waals surface area contributed by atoms with Crippen LogP contribution < -0.4 is 11.1 Å². The lowest BCUT2D eigenvalue weighted by molar-refractivity contribution is -0.121. The molecule has 1 amide bonds. The number of likely N-dealkylation sites (N-methyl/N-ethyl adjacent to an activating group) is 1. The Labute approximate surface area is 126 Å². The maximum Gasteiger partial charge on any atom is 0.241 e. The van der Waals surface area contributed by atoms with Gasteiger partial charge in [-0.2, -0.15) is 0 Å². The fourth-order valence-electron chi connectivity index (χ4n) is 2.62. The molecule has 1 fully saturated rings. The molecule has 0 radical (unpaired) electrons. The van der Waals surface area contributed by atoms with E-state index in [1.807, 2.05) is 25.1 Å². The third-order valence-electron chi connectivity index (χ3n) is 4.01. The number of hydrogen-bond acceptors (Lipinski definition) is 4. The van der Waals surface area contributed by atoms with E-state index in [1.165, 1.54) is 0 Å². The topological polar surface area (TPSA) is 67.6 Å². The number of ether oxygens (including phenoxy) is 1. The molecule has 1 aromatic carbocycles. The summed E-state index contributed by atoms with van der Waals surface area (Å²) in [6, 6.07) is 7.10. The van der Waals surface area contributed by atoms with Gasteiger partial charge in [-0.15, -0.1) is 0 Å². The highest BCUT2D eigenvalue weighted by Gasteiger charge is 2.25. The van der Waals surface area contributed by atoms with Crippen LogP contribution in [0.3, 0.4) is 0 Å². The van der Waals surface area contributed by atoms with Crippen molar-refractivity contribution in [2.45, 2.75) is 38.8 Å². The Morgan fingerprint density at radius 3 is 2.90 bits per heavy atom. The number of anilines is 2. The molecule has 1 aliphatic rings. The van der Waals surface area contributed by atoms with Gasteiger partial charge in [0.15, 0.2) is 0 Å². The quantitative estimate of drug-likeness (QED) is 0.788. The molecule has 1 heterocycles. The summed E-state index contributed by atoms with van der Waals surface area (Å²) >= 11 is 0. The van der Waals surface area contributed by atoms with Gasteiger partial charge < -0.3 is 15.8 Å². The minimum atomic E-state index is -0.209. The zero-order chi connectivity index (χ0) is 15.2. The molecule has 0 aliphatic carbocycles. The van der Waals surface area contributed by atoms with Crippen LogP contribution in [0.5, 0.6) is 0 Å². The van der Waals surface area contributed by atoms with Crippen molar-refractivity contribution in [2.75, 3.05) is 30.7 Å². The van der Waals surface area contributed by atoms with Gasteiger partial charge in [0.05, 0.1) is 23.5 Å². The number of nitrogens with zero attached hydrogens (tertiary/aromatic N) is 1. The zero-order valence-electron chi connectivity index (χ0n) is 12.8. The van der Waals surface area contributed by atoms with Crippen LogP contribution in [-0.4, -0.2) is 42.6 Å². The summed E-state index contributed by atoms with van der Waals surface area (Å²) in [6.45, 7) is 6.44. The summed E-state index contributed by atoms with van der Waals surface area (Å²) in [6.07, 6.45) is 2.45. The number of para-hydroxylation sites is 2. The van der Waals surface area contributed by atoms with Gasteiger partial charge in [0.25, 0.3) is 0 Å². The Kier molecular flexibility index (Phi) is 5.59. The third-order valence-corrected chi connectivity index (χ3v) is 4.01. The highest BCUT2D eigenvalue weighted by molar-refractivity contribution is 5.97. The molecule has 0 aromatic heterocycles. The molecule has 0 bridgehead atoms. The molecule has 5 nitrogen and oxygen atoms in total. The third kappa shape index (κ3) is 4.19. The minimum absolute atomic E-state index is 0.0345. The van der Waals surface area contributed by atoms with Crippen LogP contribution in [0.25, 0.3) is 0 Å². The number of rotatable bonds is 6. The molecular weight excluding hydrogens is 266 g/mol. The molecular formula is C16H25N3O2. The first kappa shape index (κ1) is 15.8. The minimum Gasteiger partial charge on any atom is -0.397 e. The van der Waals surface area contributed by atoms with Crippen LogP contribution in [0, 0.1) is 0 Å². The number of benzene rings is 1. The number of nitrogens with one attached hydrogen (secondary N) is 1. The standard InChI is InChI=1S/C16H25N3O2/c1-3-19(11-13-7-6-10-21-13)12(2)16(20)18-15-9-5-4-8-14(15)17/h4-5,8-9,12-13H,3,6-7,10-11,17H2,1-2H3,(H,18,20). The van der Waals surface area contributed by atoms with E-state index in [4.69, 9.17) is 10.5 Å². The lowest BCUT2D eigenvalue weighted by atomic mass is 10.2. The zero-order valence-corrected chi connectivity index (χ0v) is 12.8. The first-order valence-electron chi connectivity index (χ1n) is 7.62. The maximum absolute atomic E-state index is 12.4. The fraction of sp³-hybridized carbons (Fsp3) is 0.562. The van der Waals surface area contributed by atoms with Crippen LogP contribution in [-0.2, 0) is 9.53 Å². The number of carbonyl (C=O) groups is 1. The van der Waals surface area contributed by atoms with E-state index in [9.17, 15) is 4.79 Å². The van der Waals surface area contributed by atoms with Crippen LogP contribution in [0.2, 0.25) is 0 Å². The van der Waals surface area contributed by atoms with E-state index in [-0.39, 0.29) is 18.1 Å². The molecule has 1 aliphatic heterocycles. The maximum atomic E-state index is 12.4. The lowest BCUT2D eigenvalue weighted by Gasteiger charge is -2.29. The summed E-state index contributed by atoms with van der Waals surface area (Å²) in [4.78, 5) is 14.5. The molecule has 1 aromatic rings. The molecule has 21 heavy (non-hydrogen) atoms. The van der Waals surface area contributed by atoms with Gasteiger partial charge in [0.2, 0.25) is 5.91 Å². The molecule has 0 saturated carbocycles. The largest absolute Gasteiger partial charge is 0.397 e. The van der Waals surface area contributed by atoms with Crippen molar-refractivity contribution in [3.8, 4) is 0 Å². The summed E-state index contributed by atoms with van der Waals surface area (Å²) in [7, 11) is 0. The highest BCUT2D eigenvalue weighted by atomic mass is 16.5. The van der Waals surface area contributed by atoms with E-state index in [2.05, 4.69) is 17.1 Å². The number of amides is 1. The Hall–Kier alpha value is -1.59. The Morgan fingerprint density at radius 1 is 1.52 bits per heavy atom. The van der Waals surface area contributed by atoms with Gasteiger partial charge in [-0.3, -0.25) is 9.69 Å². The van der Waals surface area contributed by atoms with Crippen molar-refractivity contribution >= 4 is 17.3 Å². The SMILES string of the molecule is CCN(CC1CCCO1)C(C)C(=O)Nc1ccccc1N. The van der Waals surface area contributed by atoms with E-state index in [1.54, 1.807) is 6.07 Å². The molecule has 2 atom stereocenters. The highest BCUT2D eigenvalue weighted by Crippen LogP contribution is 2.18. The van der Waals surface area contributed by atoms with Gasteiger partial charge >= 0.3 is 0 Å². The smallest absolute Gasteiger partial charge is 0.241 e. The number of carbonyl (C=O) groups excluding carboxylic acids is 1. The normalized spacial score (nSPS) is 19.7. The van der Waals surface area contributed by atoms with E-state index in [0.29, 0.717) is 11.4 Å². The summed E-state index contributed by atoms with van der Waals surface area (Å²) in [5, 5.41) is 2.90. The monoisotopic (exact) mass is 291 g/mol. The lowest BCUT2D eigenvalue weighted by Crippen LogP contribution is -2.45. The molecule has 116 valence electrons. The predicted octanol–water partition coefficient (Wildman–Crippen LogP) is 2.10. The van der Waals surface area contributed by atoms with E-state index < -0.39 is 0 Å². The van der Waals surface area contributed by atoms with Gasteiger partial charge in [-0.05, 0) is 38.4 Å². The second-order valence-electron chi connectivity index (χ2n) is 5.48. The second-order valence-corrected chi connectivity index (χ2v) is 5.48. The summed E-state index contributed by atoms with van der Waals surface area (Å²) in [5.41, 5.74) is 7.11. The van der Waals surface area contributed by atoms with Crippen molar-refractivity contribution in [3.63, 3.8) is 0 Å². The predicted molar refractivity (Wildman–Crippen MR) is 85.2 cm³/mol. The summed E-state index contributed by atoms with van der Waals surface area (Å²) in [5.74, 6) is -0.0345. The van der Waals surface area contributed by atoms with Crippen molar-refractivity contribution in [3.05, 3.63) is 24.3 Å². The Morgan fingerprint density at radius 2 is 2.29 bits per heavy atom. The van der Waals surface area contributed by atoms with Crippen molar-refractivity contribution in [1.29, 1.82) is 0 Å². The number of hydrogen-bond donors (Lipinski definition) is 2. The molecule has 3 N–H and O–H groups in total. The molecule has 2 rings (SSSR count). The first-order chi connectivity index (χ1) is 10.1. The average Bonchev–Trinajstić information content (AvgIpc) is 2.99. The average molecular weight is 291 g/mol. The number of nitrogens with two attached hydrogens (primary N) is 1. The van der Waals surface area contributed by atoms with E-state index >= 15 is 0 Å². The molecule has 0 spiro atoms. The van der Waals surface area contributed by atoms with Crippen molar-refractivity contribution in [1.82, 2.24) is 4.90 Å². The Balaban J connectivity index is 1.94. The molecule has 5 heteroatoms. The van der Waals surface area contributed by atoms with E-state index in [0.717, 1.165) is 32.5 Å². The van der Waals surface area contributed by atoms with Crippen molar-refractivity contribution < 1.29 is 9.53 Å². The van der Waals surface area contributed by atoms with Crippen molar-refractivity contribution in [2.24, 2.45) is 0 Å². The van der Waals surface area contributed by atoms with Gasteiger partial charge in [-0.1, -0.05) is 19.1 Å². The van der Waals surface area contributed by atoms with Crippen LogP contribution in [0.1, 0.15) is 26.7 Å². The first-order valence-corrected chi connectivity index (χ1v) is 7.62.